The number of ether oxygens (including phenoxy) is 2. The van der Waals surface area contributed by atoms with Crippen LogP contribution in [0.5, 0.6) is 0 Å². The molecule has 1 amide bonds. The van der Waals surface area contributed by atoms with Crippen LogP contribution >= 0.6 is 0 Å². The summed E-state index contributed by atoms with van der Waals surface area (Å²) < 4.78 is 10.0. The van der Waals surface area contributed by atoms with Gasteiger partial charge in [-0.1, -0.05) is 6.92 Å². The summed E-state index contributed by atoms with van der Waals surface area (Å²) in [6.45, 7) is 11.2. The summed E-state index contributed by atoms with van der Waals surface area (Å²) in [5.41, 5.74) is -0.485. The number of rotatable bonds is 8. The largest absolute Gasteiger partial charge is 0.468 e. The standard InChI is InChI=1S/C15H30N2O4/c1-7-12(13(18)20-6)16-10-9-11-17(8-2)14(19)21-15(3,4)5/h12,16H,7-11H2,1-6H3. The predicted molar refractivity (Wildman–Crippen MR) is 82.2 cm³/mol. The molecule has 1 N–H and O–H groups in total. The molecule has 124 valence electrons. The molecule has 0 spiro atoms. The lowest BCUT2D eigenvalue weighted by atomic mass is 10.2. The van der Waals surface area contributed by atoms with E-state index in [1.165, 1.54) is 7.11 Å². The van der Waals surface area contributed by atoms with Gasteiger partial charge in [-0.25, -0.2) is 4.79 Å². The topological polar surface area (TPSA) is 67.9 Å². The molecule has 0 radical (unpaired) electrons. The molecule has 1 unspecified atom stereocenters. The zero-order chi connectivity index (χ0) is 16.5. The Kier molecular flexibility index (Phi) is 9.01. The second-order valence-electron chi connectivity index (χ2n) is 5.85. The molecular weight excluding hydrogens is 272 g/mol. The van der Waals surface area contributed by atoms with Crippen LogP contribution in [-0.2, 0) is 14.3 Å². The summed E-state index contributed by atoms with van der Waals surface area (Å²) in [7, 11) is 1.38. The fourth-order valence-corrected chi connectivity index (χ4v) is 1.79. The van der Waals surface area contributed by atoms with Gasteiger partial charge in [-0.05, 0) is 47.1 Å². The highest BCUT2D eigenvalue weighted by Crippen LogP contribution is 2.10. The molecule has 0 fully saturated rings. The highest BCUT2D eigenvalue weighted by atomic mass is 16.6. The Morgan fingerprint density at radius 2 is 1.86 bits per heavy atom. The molecule has 1 atom stereocenters. The average Bonchev–Trinajstić information content (AvgIpc) is 2.40. The maximum absolute atomic E-state index is 11.9. The third kappa shape index (κ3) is 8.55. The van der Waals surface area contributed by atoms with Gasteiger partial charge in [-0.15, -0.1) is 0 Å². The molecular formula is C15H30N2O4. The number of hydrogen-bond acceptors (Lipinski definition) is 5. The Bertz CT molecular complexity index is 326. The first-order chi connectivity index (χ1) is 9.75. The quantitative estimate of drug-likeness (QED) is 0.550. The van der Waals surface area contributed by atoms with Gasteiger partial charge in [0.05, 0.1) is 7.11 Å². The number of amides is 1. The summed E-state index contributed by atoms with van der Waals surface area (Å²) in [6, 6.07) is -0.286. The number of carbonyl (C=O) groups is 2. The summed E-state index contributed by atoms with van der Waals surface area (Å²) in [4.78, 5) is 25.0. The van der Waals surface area contributed by atoms with Crippen LogP contribution in [0.2, 0.25) is 0 Å². The zero-order valence-electron chi connectivity index (χ0n) is 14.2. The summed E-state index contributed by atoms with van der Waals surface area (Å²) >= 11 is 0. The molecule has 0 bridgehead atoms. The van der Waals surface area contributed by atoms with E-state index in [-0.39, 0.29) is 18.1 Å². The van der Waals surface area contributed by atoms with Crippen molar-refractivity contribution in [1.82, 2.24) is 10.2 Å². The van der Waals surface area contributed by atoms with Gasteiger partial charge in [0.1, 0.15) is 11.6 Å². The summed E-state index contributed by atoms with van der Waals surface area (Å²) in [6.07, 6.45) is 1.13. The SMILES string of the molecule is CCC(NCCCN(CC)C(=O)OC(C)(C)C)C(=O)OC. The molecule has 0 heterocycles. The van der Waals surface area contributed by atoms with Gasteiger partial charge < -0.3 is 19.7 Å². The van der Waals surface area contributed by atoms with Crippen molar-refractivity contribution in [2.24, 2.45) is 0 Å². The van der Waals surface area contributed by atoms with E-state index in [0.717, 1.165) is 6.42 Å². The number of nitrogens with one attached hydrogen (secondary N) is 1. The van der Waals surface area contributed by atoms with Gasteiger partial charge in [0, 0.05) is 13.1 Å². The molecule has 0 aromatic heterocycles. The van der Waals surface area contributed by atoms with Crippen LogP contribution in [0, 0.1) is 0 Å². The third-order valence-electron chi connectivity index (χ3n) is 2.92. The van der Waals surface area contributed by atoms with Crippen molar-refractivity contribution in [3.63, 3.8) is 0 Å². The van der Waals surface area contributed by atoms with Crippen LogP contribution in [0.1, 0.15) is 47.5 Å². The molecule has 21 heavy (non-hydrogen) atoms. The van der Waals surface area contributed by atoms with Crippen LogP contribution < -0.4 is 5.32 Å². The number of methoxy groups -OCH3 is 1. The normalized spacial score (nSPS) is 12.7. The van der Waals surface area contributed by atoms with Crippen LogP contribution in [0.25, 0.3) is 0 Å². The molecule has 0 aromatic carbocycles. The van der Waals surface area contributed by atoms with Crippen LogP contribution in [0.3, 0.4) is 0 Å². The second-order valence-corrected chi connectivity index (χ2v) is 5.85. The highest BCUT2D eigenvalue weighted by molar-refractivity contribution is 5.75. The maximum Gasteiger partial charge on any atom is 0.410 e. The molecule has 0 aliphatic rings. The van der Waals surface area contributed by atoms with Gasteiger partial charge >= 0.3 is 12.1 Å². The number of nitrogens with zero attached hydrogens (tertiary/aromatic N) is 1. The van der Waals surface area contributed by atoms with E-state index in [4.69, 9.17) is 9.47 Å². The lowest BCUT2D eigenvalue weighted by Crippen LogP contribution is -2.40. The molecule has 0 aliphatic carbocycles. The van der Waals surface area contributed by atoms with Crippen LogP contribution in [0.4, 0.5) is 4.79 Å². The van der Waals surface area contributed by atoms with Gasteiger partial charge in [0.25, 0.3) is 0 Å². The molecule has 0 saturated carbocycles. The first-order valence-electron chi connectivity index (χ1n) is 7.54. The van der Waals surface area contributed by atoms with E-state index in [1.807, 2.05) is 34.6 Å². The molecule has 0 saturated heterocycles. The summed E-state index contributed by atoms with van der Waals surface area (Å²) in [5, 5.41) is 3.13. The monoisotopic (exact) mass is 302 g/mol. The lowest BCUT2D eigenvalue weighted by Gasteiger charge is -2.26. The third-order valence-corrected chi connectivity index (χ3v) is 2.92. The minimum Gasteiger partial charge on any atom is -0.468 e. The Balaban J connectivity index is 4.12. The van der Waals surface area contributed by atoms with Gasteiger partial charge in [0.2, 0.25) is 0 Å². The molecule has 6 nitrogen and oxygen atoms in total. The zero-order valence-corrected chi connectivity index (χ0v) is 14.2. The predicted octanol–water partition coefficient (Wildman–Crippen LogP) is 2.17. The van der Waals surface area contributed by atoms with E-state index in [2.05, 4.69) is 5.32 Å². The maximum atomic E-state index is 11.9. The van der Waals surface area contributed by atoms with E-state index < -0.39 is 5.60 Å². The number of hydrogen-bond donors (Lipinski definition) is 1. The Morgan fingerprint density at radius 3 is 2.29 bits per heavy atom. The molecule has 0 rings (SSSR count). The fourth-order valence-electron chi connectivity index (χ4n) is 1.79. The van der Waals surface area contributed by atoms with E-state index in [0.29, 0.717) is 26.1 Å². The molecule has 0 aromatic rings. The van der Waals surface area contributed by atoms with Crippen molar-refractivity contribution in [3.8, 4) is 0 Å². The van der Waals surface area contributed by atoms with E-state index in [9.17, 15) is 9.59 Å². The first kappa shape index (κ1) is 19.7. The second kappa shape index (κ2) is 9.60. The Labute approximate surface area is 128 Å². The molecule has 0 aliphatic heterocycles. The van der Waals surface area contributed by atoms with Crippen molar-refractivity contribution in [2.75, 3.05) is 26.7 Å². The minimum absolute atomic E-state index is 0.253. The van der Waals surface area contributed by atoms with Crippen LogP contribution in [-0.4, -0.2) is 55.3 Å². The highest BCUT2D eigenvalue weighted by Gasteiger charge is 2.21. The number of esters is 1. The minimum atomic E-state index is -0.485. The molecule has 6 heteroatoms. The fraction of sp³-hybridized carbons (Fsp3) is 0.867. The smallest absolute Gasteiger partial charge is 0.410 e. The Hall–Kier alpha value is -1.30. The summed E-state index contributed by atoms with van der Waals surface area (Å²) in [5.74, 6) is -0.253. The van der Waals surface area contributed by atoms with Crippen molar-refractivity contribution >= 4 is 12.1 Å². The number of carbonyl (C=O) groups excluding carboxylic acids is 2. The van der Waals surface area contributed by atoms with Gasteiger partial charge in [-0.3, -0.25) is 4.79 Å². The van der Waals surface area contributed by atoms with Crippen molar-refractivity contribution in [2.45, 2.75) is 59.1 Å². The van der Waals surface area contributed by atoms with E-state index in [1.54, 1.807) is 4.90 Å². The average molecular weight is 302 g/mol. The Morgan fingerprint density at radius 1 is 1.24 bits per heavy atom. The van der Waals surface area contributed by atoms with Gasteiger partial charge in [0.15, 0.2) is 0 Å². The first-order valence-corrected chi connectivity index (χ1v) is 7.54. The van der Waals surface area contributed by atoms with Crippen LogP contribution in [0.15, 0.2) is 0 Å². The van der Waals surface area contributed by atoms with Crippen molar-refractivity contribution in [3.05, 3.63) is 0 Å². The van der Waals surface area contributed by atoms with Crippen molar-refractivity contribution < 1.29 is 19.1 Å². The lowest BCUT2D eigenvalue weighted by molar-refractivity contribution is -0.143. The van der Waals surface area contributed by atoms with Crippen molar-refractivity contribution in [1.29, 1.82) is 0 Å². The van der Waals surface area contributed by atoms with E-state index >= 15 is 0 Å². The van der Waals surface area contributed by atoms with Gasteiger partial charge in [-0.2, -0.15) is 0 Å².